The lowest BCUT2D eigenvalue weighted by atomic mass is 9.43. The molecule has 5 bridgehead atoms. The van der Waals surface area contributed by atoms with E-state index in [1.165, 1.54) is 0 Å². The average molecular weight is 666 g/mol. The summed E-state index contributed by atoms with van der Waals surface area (Å²) in [4.78, 5) is 14.1. The first-order chi connectivity index (χ1) is 22.7. The maximum atomic E-state index is 14.1. The number of carbonyl (C=O) groups is 1. The first-order valence-electron chi connectivity index (χ1n) is 18.5. The number of hydrogen-bond donors (Lipinski definition) is 5. The van der Waals surface area contributed by atoms with Crippen molar-refractivity contribution >= 4 is 5.78 Å². The van der Waals surface area contributed by atoms with Crippen LogP contribution in [0.25, 0.3) is 0 Å². The molecule has 0 aromatic carbocycles. The molecule has 1 spiro atoms. The van der Waals surface area contributed by atoms with Gasteiger partial charge in [0.1, 0.15) is 17.8 Å². The minimum absolute atomic E-state index is 0.0259. The van der Waals surface area contributed by atoms with Crippen LogP contribution in [-0.2, 0) is 19.0 Å². The monoisotopic (exact) mass is 665 g/mol. The van der Waals surface area contributed by atoms with Gasteiger partial charge in [-0.3, -0.25) is 10.1 Å². The molecule has 5 fully saturated rings. The lowest BCUT2D eigenvalue weighted by molar-refractivity contribution is -0.228. The SMILES string of the molecule is COCCCO[C@H]1CC[C@@]2(C)[C@@H](C1)C(=O)C=C1[C@@H]2CC[C@]2(C)[C@]3(C#CC[C@H]4N[C@]5(O)C=C[C@H]4[C@@H]4[C@@H](C)[C@H](O[C@@H]45)[C@@H](O)[C@@]3(C)O)CC[C@@]12O. The molecule has 0 aromatic heterocycles. The fourth-order valence-corrected chi connectivity index (χ4v) is 12.8. The molecule has 0 aromatic rings. The molecule has 9 aliphatic rings. The zero-order valence-electron chi connectivity index (χ0n) is 29.2. The van der Waals surface area contributed by atoms with Crippen LogP contribution in [0.15, 0.2) is 23.8 Å². The van der Waals surface area contributed by atoms with Gasteiger partial charge in [-0.05, 0) is 99.2 Å². The lowest BCUT2D eigenvalue weighted by Gasteiger charge is -2.62. The number of aliphatic hydroxyl groups is 4. The summed E-state index contributed by atoms with van der Waals surface area (Å²) in [5.74, 6) is 6.87. The Morgan fingerprint density at radius 1 is 1.06 bits per heavy atom. The molecule has 9 heteroatoms. The van der Waals surface area contributed by atoms with Crippen LogP contribution in [0.1, 0.15) is 85.5 Å². The van der Waals surface area contributed by atoms with Gasteiger partial charge < -0.3 is 34.6 Å². The largest absolute Gasteiger partial charge is 0.387 e. The number of hydrogen-bond acceptors (Lipinski definition) is 9. The number of rotatable bonds is 5. The summed E-state index contributed by atoms with van der Waals surface area (Å²) in [5, 5.41) is 53.2. The van der Waals surface area contributed by atoms with E-state index in [1.807, 2.05) is 6.92 Å². The van der Waals surface area contributed by atoms with Crippen LogP contribution < -0.4 is 5.32 Å². The smallest absolute Gasteiger partial charge is 0.162 e. The highest BCUT2D eigenvalue weighted by Gasteiger charge is 2.76. The number of aliphatic hydroxyl groups excluding tert-OH is 1. The van der Waals surface area contributed by atoms with Crippen molar-refractivity contribution < 1.29 is 39.4 Å². The third kappa shape index (κ3) is 4.12. The van der Waals surface area contributed by atoms with Crippen molar-refractivity contribution in [2.45, 2.75) is 133 Å². The van der Waals surface area contributed by atoms with Gasteiger partial charge in [-0.1, -0.05) is 32.8 Å². The van der Waals surface area contributed by atoms with Crippen LogP contribution in [0.4, 0.5) is 0 Å². The molecule has 3 aliphatic heterocycles. The molecular weight excluding hydrogens is 610 g/mol. The fraction of sp³-hybridized carbons (Fsp3) is 0.821. The summed E-state index contributed by atoms with van der Waals surface area (Å²) in [6.07, 6.45) is 8.88. The van der Waals surface area contributed by atoms with E-state index in [9.17, 15) is 25.2 Å². The van der Waals surface area contributed by atoms with Crippen LogP contribution >= 0.6 is 0 Å². The Morgan fingerprint density at radius 3 is 2.62 bits per heavy atom. The Bertz CT molecular complexity index is 1480. The Labute approximate surface area is 284 Å². The Kier molecular flexibility index (Phi) is 7.65. The van der Waals surface area contributed by atoms with Gasteiger partial charge in [0.2, 0.25) is 0 Å². The molecule has 3 saturated carbocycles. The van der Waals surface area contributed by atoms with Gasteiger partial charge in [0, 0.05) is 50.0 Å². The standard InChI is InChI=1S/C39H55NO8/c1-22-30-24-10-15-39(45)33(30)48-31(22)32(42)36(4,43)37(12-6-8-28(24)40-39)16-17-38(44)26-21-29(41)27-20-23(47-19-7-18-46-5)9-13-34(27,2)25(26)11-14-35(37,38)3/h10,15,21-25,27-28,30-33,40,42-45H,7-9,11,13-14,16-20H2,1-5H3/t22-,23+,24-,25+,27+,28-,30+,31+,32-,33+,34-,35-,36-,37+,38-,39+/m1/s1. The number of nitrogens with one attached hydrogen (secondary N) is 1. The summed E-state index contributed by atoms with van der Waals surface area (Å²) >= 11 is 0. The molecule has 264 valence electrons. The van der Waals surface area contributed by atoms with Gasteiger partial charge in [-0.25, -0.2) is 0 Å². The summed E-state index contributed by atoms with van der Waals surface area (Å²) in [6.45, 7) is 9.29. The maximum Gasteiger partial charge on any atom is 0.162 e. The van der Waals surface area contributed by atoms with Crippen molar-refractivity contribution in [3.8, 4) is 11.8 Å². The average Bonchev–Trinajstić information content (AvgIpc) is 3.53. The van der Waals surface area contributed by atoms with E-state index in [0.717, 1.165) is 31.3 Å². The zero-order valence-corrected chi connectivity index (χ0v) is 29.2. The predicted octanol–water partition coefficient (Wildman–Crippen LogP) is 3.04. The van der Waals surface area contributed by atoms with Crippen molar-refractivity contribution in [3.05, 3.63) is 23.8 Å². The highest BCUT2D eigenvalue weighted by Crippen LogP contribution is 2.73. The highest BCUT2D eigenvalue weighted by atomic mass is 16.5. The summed E-state index contributed by atoms with van der Waals surface area (Å²) < 4.78 is 17.9. The molecular formula is C39H55NO8. The summed E-state index contributed by atoms with van der Waals surface area (Å²) in [5.41, 5.74) is -6.08. The number of ether oxygens (including phenoxy) is 3. The Morgan fingerprint density at radius 2 is 1.85 bits per heavy atom. The third-order valence-corrected chi connectivity index (χ3v) is 15.6. The topological polar surface area (TPSA) is 138 Å². The molecule has 0 radical (unpaired) electrons. The quantitative estimate of drug-likeness (QED) is 0.171. The summed E-state index contributed by atoms with van der Waals surface area (Å²) in [6, 6.07) is -0.103. The van der Waals surface area contributed by atoms with E-state index in [4.69, 9.17) is 14.2 Å². The van der Waals surface area contributed by atoms with Gasteiger partial charge in [0.05, 0.1) is 23.2 Å². The predicted molar refractivity (Wildman–Crippen MR) is 177 cm³/mol. The van der Waals surface area contributed by atoms with Crippen molar-refractivity contribution in [1.29, 1.82) is 0 Å². The Hall–Kier alpha value is -1.61. The third-order valence-electron chi connectivity index (χ3n) is 15.6. The van der Waals surface area contributed by atoms with Gasteiger partial charge >= 0.3 is 0 Å². The van der Waals surface area contributed by atoms with Crippen LogP contribution in [0.5, 0.6) is 0 Å². The number of ketones is 1. The maximum absolute atomic E-state index is 14.1. The fourth-order valence-electron chi connectivity index (χ4n) is 12.8. The van der Waals surface area contributed by atoms with Gasteiger partial charge in [-0.15, -0.1) is 5.92 Å². The molecule has 9 rings (SSSR count). The number of carbonyl (C=O) groups excluding carboxylic acids is 1. The van der Waals surface area contributed by atoms with Crippen LogP contribution in [0.3, 0.4) is 0 Å². The summed E-state index contributed by atoms with van der Waals surface area (Å²) in [7, 11) is 1.69. The zero-order chi connectivity index (χ0) is 34.1. The van der Waals surface area contributed by atoms with E-state index >= 15 is 0 Å². The molecule has 16 atom stereocenters. The number of piperidine rings is 1. The molecule has 5 N–H and O–H groups in total. The van der Waals surface area contributed by atoms with Gasteiger partial charge in [0.15, 0.2) is 11.5 Å². The minimum atomic E-state index is -1.75. The van der Waals surface area contributed by atoms with Crippen LogP contribution in [0.2, 0.25) is 0 Å². The highest BCUT2D eigenvalue weighted by molar-refractivity contribution is 5.95. The van der Waals surface area contributed by atoms with E-state index in [2.05, 4.69) is 37.1 Å². The second-order valence-corrected chi connectivity index (χ2v) is 17.4. The molecule has 6 aliphatic carbocycles. The van der Waals surface area contributed by atoms with Crippen molar-refractivity contribution in [1.82, 2.24) is 5.32 Å². The molecule has 0 unspecified atom stereocenters. The van der Waals surface area contributed by atoms with E-state index in [1.54, 1.807) is 26.2 Å². The number of allylic oxidation sites excluding steroid dienone is 1. The van der Waals surface area contributed by atoms with E-state index < -0.39 is 46.1 Å². The first kappa shape index (κ1) is 33.5. The molecule has 9 nitrogen and oxygen atoms in total. The molecule has 3 heterocycles. The van der Waals surface area contributed by atoms with Crippen molar-refractivity contribution in [3.63, 3.8) is 0 Å². The lowest BCUT2D eigenvalue weighted by Crippen LogP contribution is -2.69. The Balaban J connectivity index is 1.16. The molecule has 2 saturated heterocycles. The molecule has 0 amide bonds. The van der Waals surface area contributed by atoms with E-state index in [0.29, 0.717) is 45.3 Å². The second-order valence-electron chi connectivity index (χ2n) is 17.4. The molecule has 48 heavy (non-hydrogen) atoms. The van der Waals surface area contributed by atoms with E-state index in [-0.39, 0.29) is 52.9 Å². The van der Waals surface area contributed by atoms with Gasteiger partial charge in [0.25, 0.3) is 0 Å². The normalized spacial score (nSPS) is 56.2. The first-order valence-corrected chi connectivity index (χ1v) is 18.5. The van der Waals surface area contributed by atoms with Crippen molar-refractivity contribution in [2.24, 2.45) is 45.8 Å². The van der Waals surface area contributed by atoms with Crippen LogP contribution in [-0.4, -0.2) is 93.9 Å². The van der Waals surface area contributed by atoms with Gasteiger partial charge in [-0.2, -0.15) is 0 Å². The second kappa shape index (κ2) is 10.9. The van der Waals surface area contributed by atoms with Crippen LogP contribution in [0, 0.1) is 57.7 Å². The number of methoxy groups -OCH3 is 1. The number of fused-ring (bicyclic) bond motifs is 7. The minimum Gasteiger partial charge on any atom is -0.387 e. The van der Waals surface area contributed by atoms with Crippen molar-refractivity contribution in [2.75, 3.05) is 20.3 Å².